The summed E-state index contributed by atoms with van der Waals surface area (Å²) < 4.78 is 12.9. The van der Waals surface area contributed by atoms with Gasteiger partial charge in [-0.2, -0.15) is 0 Å². The van der Waals surface area contributed by atoms with Crippen LogP contribution in [0.1, 0.15) is 18.1 Å². The van der Waals surface area contributed by atoms with E-state index >= 15 is 0 Å². The quantitative estimate of drug-likeness (QED) is 0.179. The minimum atomic E-state index is 0. The van der Waals surface area contributed by atoms with Gasteiger partial charge < -0.3 is 24.7 Å². The van der Waals surface area contributed by atoms with Crippen LogP contribution in [0.4, 0.5) is 0 Å². The van der Waals surface area contributed by atoms with Gasteiger partial charge in [0.05, 0.1) is 26.5 Å². The van der Waals surface area contributed by atoms with Gasteiger partial charge in [0, 0.05) is 25.5 Å². The lowest BCUT2D eigenvalue weighted by Crippen LogP contribution is -2.39. The molecule has 0 bridgehead atoms. The molecule has 3 aromatic rings. The van der Waals surface area contributed by atoms with E-state index in [9.17, 15) is 0 Å². The maximum Gasteiger partial charge on any atom is 0.191 e. The molecule has 0 unspecified atom stereocenters. The molecule has 3 rings (SSSR count). The zero-order valence-corrected chi connectivity index (χ0v) is 20.3. The van der Waals surface area contributed by atoms with Crippen molar-refractivity contribution in [3.05, 3.63) is 78.4 Å². The van der Waals surface area contributed by atoms with E-state index in [0.29, 0.717) is 19.7 Å². The van der Waals surface area contributed by atoms with Gasteiger partial charge in [-0.15, -0.1) is 24.0 Å². The van der Waals surface area contributed by atoms with Crippen molar-refractivity contribution in [1.29, 1.82) is 0 Å². The highest BCUT2D eigenvalue weighted by atomic mass is 127. The average Bonchev–Trinajstić information content (AvgIpc) is 3.29. The molecule has 0 amide bonds. The predicted molar refractivity (Wildman–Crippen MR) is 134 cm³/mol. The first kappa shape index (κ1) is 24.5. The lowest BCUT2D eigenvalue weighted by molar-refractivity contribution is 0.321. The van der Waals surface area contributed by atoms with Crippen molar-refractivity contribution < 1.29 is 9.47 Å². The number of aliphatic imine (C=N–C) groups is 1. The number of aromatic nitrogens is 2. The van der Waals surface area contributed by atoms with Gasteiger partial charge >= 0.3 is 0 Å². The fourth-order valence-electron chi connectivity index (χ4n) is 2.86. The van der Waals surface area contributed by atoms with Gasteiger partial charge in [0.15, 0.2) is 5.96 Å². The summed E-state index contributed by atoms with van der Waals surface area (Å²) in [5.41, 5.74) is 2.40. The van der Waals surface area contributed by atoms with Crippen molar-refractivity contribution in [2.75, 3.05) is 26.8 Å². The summed E-state index contributed by atoms with van der Waals surface area (Å²) in [7, 11) is 1.65. The number of methoxy groups -OCH3 is 1. The number of benzene rings is 2. The van der Waals surface area contributed by atoms with Crippen LogP contribution < -0.4 is 20.1 Å². The predicted octanol–water partition coefficient (Wildman–Crippen LogP) is 3.69. The van der Waals surface area contributed by atoms with Crippen LogP contribution in [0.15, 0.2) is 72.2 Å². The Morgan fingerprint density at radius 1 is 1.00 bits per heavy atom. The minimum absolute atomic E-state index is 0. The topological polar surface area (TPSA) is 72.7 Å². The lowest BCUT2D eigenvalue weighted by Gasteiger charge is -2.12. The molecule has 166 valence electrons. The number of hydrogen-bond acceptors (Lipinski definition) is 4. The van der Waals surface area contributed by atoms with Crippen molar-refractivity contribution in [3.8, 4) is 11.5 Å². The van der Waals surface area contributed by atoms with Gasteiger partial charge in [-0.1, -0.05) is 24.3 Å². The summed E-state index contributed by atoms with van der Waals surface area (Å²) in [6, 6.07) is 16.1. The fraction of sp³-hybridized carbons (Fsp3) is 0.304. The maximum atomic E-state index is 5.75. The number of rotatable bonds is 10. The average molecular weight is 535 g/mol. The number of guanidine groups is 1. The molecule has 0 fully saturated rings. The van der Waals surface area contributed by atoms with Gasteiger partial charge in [-0.25, -0.2) is 9.98 Å². The molecule has 1 heterocycles. The van der Waals surface area contributed by atoms with Crippen molar-refractivity contribution >= 4 is 29.9 Å². The highest BCUT2D eigenvalue weighted by molar-refractivity contribution is 14.0. The number of nitrogens with one attached hydrogen (secondary N) is 2. The molecular formula is C23H30IN5O2. The van der Waals surface area contributed by atoms with E-state index in [-0.39, 0.29) is 24.0 Å². The Morgan fingerprint density at radius 2 is 1.71 bits per heavy atom. The standard InChI is InChI=1S/C23H29N5O2.HI/c1-3-25-23(26-13-15-30-22-10-8-21(29-2)9-11-22)27-16-19-4-6-20(7-5-19)17-28-14-12-24-18-28;/h4-12,14,18H,3,13,15-17H2,1-2H3,(H2,25,26,27);1H. The lowest BCUT2D eigenvalue weighted by atomic mass is 10.1. The monoisotopic (exact) mass is 535 g/mol. The minimum Gasteiger partial charge on any atom is -0.497 e. The summed E-state index contributed by atoms with van der Waals surface area (Å²) in [5.74, 6) is 2.41. The van der Waals surface area contributed by atoms with Crippen LogP contribution in [0.5, 0.6) is 11.5 Å². The van der Waals surface area contributed by atoms with Crippen molar-refractivity contribution in [2.24, 2.45) is 4.99 Å². The number of halogens is 1. The molecule has 0 saturated heterocycles. The van der Waals surface area contributed by atoms with E-state index in [1.807, 2.05) is 41.4 Å². The summed E-state index contributed by atoms with van der Waals surface area (Å²) in [4.78, 5) is 8.74. The largest absolute Gasteiger partial charge is 0.497 e. The Labute approximate surface area is 200 Å². The first-order chi connectivity index (χ1) is 14.8. The molecule has 0 saturated carbocycles. The summed E-state index contributed by atoms with van der Waals surface area (Å²) in [6.45, 7) is 5.48. The van der Waals surface area contributed by atoms with Gasteiger partial charge in [0.2, 0.25) is 0 Å². The van der Waals surface area contributed by atoms with Crippen LogP contribution >= 0.6 is 24.0 Å². The van der Waals surface area contributed by atoms with E-state index in [2.05, 4.69) is 51.8 Å². The molecule has 7 nitrogen and oxygen atoms in total. The number of ether oxygens (including phenoxy) is 2. The zero-order valence-electron chi connectivity index (χ0n) is 18.0. The molecule has 2 aromatic carbocycles. The van der Waals surface area contributed by atoms with Crippen LogP contribution in [0.25, 0.3) is 0 Å². The Morgan fingerprint density at radius 3 is 2.35 bits per heavy atom. The summed E-state index contributed by atoms with van der Waals surface area (Å²) >= 11 is 0. The number of imidazole rings is 1. The Bertz CT molecular complexity index is 897. The summed E-state index contributed by atoms with van der Waals surface area (Å²) in [6.07, 6.45) is 5.58. The second kappa shape index (κ2) is 13.5. The molecule has 0 radical (unpaired) electrons. The molecule has 0 spiro atoms. The second-order valence-corrected chi connectivity index (χ2v) is 6.70. The molecule has 31 heavy (non-hydrogen) atoms. The third-order valence-electron chi connectivity index (χ3n) is 4.43. The first-order valence-electron chi connectivity index (χ1n) is 10.1. The van der Waals surface area contributed by atoms with Crippen molar-refractivity contribution in [2.45, 2.75) is 20.0 Å². The Hall–Kier alpha value is -2.75. The highest BCUT2D eigenvalue weighted by Crippen LogP contribution is 2.16. The molecule has 0 aliphatic carbocycles. The van der Waals surface area contributed by atoms with E-state index < -0.39 is 0 Å². The SMILES string of the molecule is CCNC(=NCc1ccc(Cn2ccnc2)cc1)NCCOc1ccc(OC)cc1.I. The normalized spacial score (nSPS) is 10.8. The van der Waals surface area contributed by atoms with Crippen molar-refractivity contribution in [1.82, 2.24) is 20.2 Å². The van der Waals surface area contributed by atoms with Crippen molar-refractivity contribution in [3.63, 3.8) is 0 Å². The third-order valence-corrected chi connectivity index (χ3v) is 4.43. The molecule has 2 N–H and O–H groups in total. The first-order valence-corrected chi connectivity index (χ1v) is 10.1. The Kier molecular flexibility index (Phi) is 10.7. The van der Waals surface area contributed by atoms with Crippen LogP contribution in [-0.4, -0.2) is 42.3 Å². The van der Waals surface area contributed by atoms with Crippen LogP contribution in [0.2, 0.25) is 0 Å². The maximum absolute atomic E-state index is 5.75. The summed E-state index contributed by atoms with van der Waals surface area (Å²) in [5, 5.41) is 6.57. The smallest absolute Gasteiger partial charge is 0.191 e. The number of nitrogens with zero attached hydrogens (tertiary/aromatic N) is 3. The van der Waals surface area contributed by atoms with Crippen LogP contribution in [-0.2, 0) is 13.1 Å². The van der Waals surface area contributed by atoms with E-state index in [0.717, 1.165) is 36.1 Å². The van der Waals surface area contributed by atoms with E-state index in [4.69, 9.17) is 9.47 Å². The zero-order chi connectivity index (χ0) is 21.0. The van der Waals surface area contributed by atoms with Gasteiger partial charge in [-0.05, 0) is 42.3 Å². The molecule has 0 aliphatic rings. The molecular weight excluding hydrogens is 505 g/mol. The molecule has 0 atom stereocenters. The van der Waals surface area contributed by atoms with E-state index in [1.54, 1.807) is 13.3 Å². The van der Waals surface area contributed by atoms with Gasteiger partial charge in [0.25, 0.3) is 0 Å². The molecule has 1 aromatic heterocycles. The van der Waals surface area contributed by atoms with E-state index in [1.165, 1.54) is 5.56 Å². The van der Waals surface area contributed by atoms with Gasteiger partial charge in [0.1, 0.15) is 18.1 Å². The second-order valence-electron chi connectivity index (χ2n) is 6.70. The Balaban J connectivity index is 0.00000341. The van der Waals surface area contributed by atoms with Gasteiger partial charge in [-0.3, -0.25) is 0 Å². The molecule has 0 aliphatic heterocycles. The third kappa shape index (κ3) is 8.49. The number of hydrogen-bond donors (Lipinski definition) is 2. The van der Waals surface area contributed by atoms with Crippen LogP contribution in [0.3, 0.4) is 0 Å². The van der Waals surface area contributed by atoms with Crippen LogP contribution in [0, 0.1) is 0 Å². The molecule has 8 heteroatoms. The highest BCUT2D eigenvalue weighted by Gasteiger charge is 2.00. The fourth-order valence-corrected chi connectivity index (χ4v) is 2.86.